The molecule has 5 heteroatoms. The highest BCUT2D eigenvalue weighted by atomic mass is 16.2. The molecule has 0 aliphatic carbocycles. The average molecular weight is 326 g/mol. The summed E-state index contributed by atoms with van der Waals surface area (Å²) in [5.41, 5.74) is 2.11. The number of anilines is 1. The van der Waals surface area contributed by atoms with E-state index in [9.17, 15) is 4.79 Å². The van der Waals surface area contributed by atoms with Crippen molar-refractivity contribution in [2.24, 2.45) is 4.99 Å². The number of benzene rings is 2. The SMILES string of the molecule is O=C1C(=Cc2ccccc2)N=C(c2ccccc2)N1c1ncccn1. The Bertz CT molecular complexity index is 951. The first-order valence-corrected chi connectivity index (χ1v) is 7.85. The maximum absolute atomic E-state index is 13.0. The standard InChI is InChI=1S/C20H14N4O/c25-19-17(14-15-8-3-1-4-9-15)23-18(16-10-5-2-6-11-16)24(19)20-21-12-7-13-22-20/h1-14H. The Morgan fingerprint density at radius 1 is 0.800 bits per heavy atom. The molecule has 0 saturated heterocycles. The molecule has 25 heavy (non-hydrogen) atoms. The number of carbonyl (C=O) groups excluding carboxylic acids is 1. The quantitative estimate of drug-likeness (QED) is 0.694. The van der Waals surface area contributed by atoms with Crippen molar-refractivity contribution in [2.45, 2.75) is 0 Å². The number of carbonyl (C=O) groups is 1. The number of aliphatic imine (C=N–C) groups is 1. The van der Waals surface area contributed by atoms with Crippen molar-refractivity contribution < 1.29 is 4.79 Å². The van der Waals surface area contributed by atoms with Crippen LogP contribution in [0.2, 0.25) is 0 Å². The van der Waals surface area contributed by atoms with Gasteiger partial charge < -0.3 is 0 Å². The molecule has 0 fully saturated rings. The minimum absolute atomic E-state index is 0.242. The van der Waals surface area contributed by atoms with E-state index in [0.29, 0.717) is 17.5 Å². The van der Waals surface area contributed by atoms with Gasteiger partial charge in [-0.25, -0.2) is 19.9 Å². The number of hydrogen-bond donors (Lipinski definition) is 0. The highest BCUT2D eigenvalue weighted by Gasteiger charge is 2.34. The van der Waals surface area contributed by atoms with Crippen LogP contribution in [0, 0.1) is 0 Å². The third-order valence-electron chi connectivity index (χ3n) is 3.75. The summed E-state index contributed by atoms with van der Waals surface area (Å²) in [6.45, 7) is 0. The van der Waals surface area contributed by atoms with Gasteiger partial charge in [0.15, 0.2) is 5.84 Å². The van der Waals surface area contributed by atoms with E-state index in [4.69, 9.17) is 0 Å². The Labute approximate surface area is 145 Å². The third-order valence-corrected chi connectivity index (χ3v) is 3.75. The van der Waals surface area contributed by atoms with Gasteiger partial charge in [-0.05, 0) is 17.7 Å². The largest absolute Gasteiger partial charge is 0.285 e. The zero-order chi connectivity index (χ0) is 17.1. The first kappa shape index (κ1) is 15.0. The van der Waals surface area contributed by atoms with Crippen LogP contribution >= 0.6 is 0 Å². The molecule has 0 atom stereocenters. The third kappa shape index (κ3) is 2.95. The first-order valence-electron chi connectivity index (χ1n) is 7.85. The van der Waals surface area contributed by atoms with Gasteiger partial charge in [-0.15, -0.1) is 0 Å². The van der Waals surface area contributed by atoms with E-state index >= 15 is 0 Å². The van der Waals surface area contributed by atoms with Crippen LogP contribution in [0.1, 0.15) is 11.1 Å². The van der Waals surface area contributed by atoms with Gasteiger partial charge in [0.05, 0.1) is 0 Å². The van der Waals surface area contributed by atoms with Gasteiger partial charge >= 0.3 is 0 Å². The summed E-state index contributed by atoms with van der Waals surface area (Å²) < 4.78 is 0. The van der Waals surface area contributed by atoms with Gasteiger partial charge in [-0.1, -0.05) is 60.7 Å². The van der Waals surface area contributed by atoms with Crippen LogP contribution in [0.15, 0.2) is 89.8 Å². The molecule has 2 aromatic carbocycles. The van der Waals surface area contributed by atoms with Crippen molar-refractivity contribution in [1.82, 2.24) is 9.97 Å². The highest BCUT2D eigenvalue weighted by molar-refractivity contribution is 6.32. The van der Waals surface area contributed by atoms with Crippen molar-refractivity contribution in [3.8, 4) is 0 Å². The fourth-order valence-corrected chi connectivity index (χ4v) is 2.60. The second-order valence-corrected chi connectivity index (χ2v) is 5.43. The normalized spacial score (nSPS) is 15.5. The fraction of sp³-hybridized carbons (Fsp3) is 0. The van der Waals surface area contributed by atoms with Gasteiger partial charge in [0.2, 0.25) is 5.95 Å². The molecule has 2 heterocycles. The molecule has 0 N–H and O–H groups in total. The fourth-order valence-electron chi connectivity index (χ4n) is 2.60. The number of rotatable bonds is 3. The van der Waals surface area contributed by atoms with Crippen LogP contribution in [0.3, 0.4) is 0 Å². The summed E-state index contributed by atoms with van der Waals surface area (Å²) >= 11 is 0. The Balaban J connectivity index is 1.83. The molecule has 4 rings (SSSR count). The maximum atomic E-state index is 13.0. The summed E-state index contributed by atoms with van der Waals surface area (Å²) in [6.07, 6.45) is 4.99. The zero-order valence-corrected chi connectivity index (χ0v) is 13.3. The van der Waals surface area contributed by atoms with Crippen molar-refractivity contribution in [3.05, 3.63) is 95.9 Å². The summed E-state index contributed by atoms with van der Waals surface area (Å²) in [6, 6.07) is 20.9. The topological polar surface area (TPSA) is 58.5 Å². The lowest BCUT2D eigenvalue weighted by Crippen LogP contribution is -2.34. The van der Waals surface area contributed by atoms with Crippen LogP contribution in [-0.2, 0) is 4.79 Å². The predicted octanol–water partition coefficient (Wildman–Crippen LogP) is 3.31. The van der Waals surface area contributed by atoms with Crippen LogP contribution in [0.4, 0.5) is 5.95 Å². The van der Waals surface area contributed by atoms with E-state index in [0.717, 1.165) is 11.1 Å². The van der Waals surface area contributed by atoms with Gasteiger partial charge in [0.1, 0.15) is 5.70 Å². The van der Waals surface area contributed by atoms with E-state index in [1.807, 2.05) is 60.7 Å². The number of amides is 1. The molecular formula is C20H14N4O. The van der Waals surface area contributed by atoms with Crippen LogP contribution in [-0.4, -0.2) is 21.7 Å². The lowest BCUT2D eigenvalue weighted by Gasteiger charge is -2.15. The first-order chi connectivity index (χ1) is 12.3. The zero-order valence-electron chi connectivity index (χ0n) is 13.3. The van der Waals surface area contributed by atoms with Crippen LogP contribution in [0.25, 0.3) is 6.08 Å². The van der Waals surface area contributed by atoms with Gasteiger partial charge in [-0.2, -0.15) is 0 Å². The van der Waals surface area contributed by atoms with E-state index < -0.39 is 0 Å². The van der Waals surface area contributed by atoms with Gasteiger partial charge in [0.25, 0.3) is 5.91 Å². The maximum Gasteiger partial charge on any atom is 0.285 e. The van der Waals surface area contributed by atoms with E-state index in [-0.39, 0.29) is 5.91 Å². The number of hydrogen-bond acceptors (Lipinski definition) is 4. The minimum atomic E-state index is -0.242. The number of aromatic nitrogens is 2. The molecule has 0 radical (unpaired) electrons. The van der Waals surface area contributed by atoms with E-state index in [1.54, 1.807) is 24.5 Å². The smallest absolute Gasteiger partial charge is 0.266 e. The highest BCUT2D eigenvalue weighted by Crippen LogP contribution is 2.25. The minimum Gasteiger partial charge on any atom is -0.266 e. The van der Waals surface area contributed by atoms with Crippen molar-refractivity contribution in [1.29, 1.82) is 0 Å². The molecule has 1 aliphatic rings. The second-order valence-electron chi connectivity index (χ2n) is 5.43. The second kappa shape index (κ2) is 6.49. The van der Waals surface area contributed by atoms with E-state index in [1.165, 1.54) is 4.90 Å². The summed E-state index contributed by atoms with van der Waals surface area (Å²) in [5, 5.41) is 0. The van der Waals surface area contributed by atoms with Crippen molar-refractivity contribution in [3.63, 3.8) is 0 Å². The molecule has 0 spiro atoms. The molecule has 3 aromatic rings. The Hall–Kier alpha value is -3.60. The summed E-state index contributed by atoms with van der Waals surface area (Å²) in [5.74, 6) is 0.597. The molecule has 1 aromatic heterocycles. The Morgan fingerprint density at radius 3 is 2.12 bits per heavy atom. The monoisotopic (exact) mass is 326 g/mol. The molecule has 0 bridgehead atoms. The summed E-state index contributed by atoms with van der Waals surface area (Å²) in [4.78, 5) is 27.4. The average Bonchev–Trinajstić information content (AvgIpc) is 3.00. The van der Waals surface area contributed by atoms with Crippen LogP contribution in [0.5, 0.6) is 0 Å². The van der Waals surface area contributed by atoms with Gasteiger partial charge in [-0.3, -0.25) is 4.79 Å². The summed E-state index contributed by atoms with van der Waals surface area (Å²) in [7, 11) is 0. The molecule has 120 valence electrons. The van der Waals surface area contributed by atoms with Crippen molar-refractivity contribution in [2.75, 3.05) is 4.90 Å². The Morgan fingerprint density at radius 2 is 1.44 bits per heavy atom. The predicted molar refractivity (Wildman–Crippen MR) is 96.9 cm³/mol. The molecule has 0 unspecified atom stereocenters. The number of amidine groups is 1. The lowest BCUT2D eigenvalue weighted by molar-refractivity contribution is -0.113. The molecule has 1 aliphatic heterocycles. The lowest BCUT2D eigenvalue weighted by atomic mass is 10.2. The van der Waals surface area contributed by atoms with Gasteiger partial charge in [0, 0.05) is 18.0 Å². The molecule has 0 saturated carbocycles. The molecule has 5 nitrogen and oxygen atoms in total. The van der Waals surface area contributed by atoms with Crippen molar-refractivity contribution >= 4 is 23.8 Å². The number of nitrogens with zero attached hydrogens (tertiary/aromatic N) is 4. The molecular weight excluding hydrogens is 312 g/mol. The molecule has 1 amide bonds. The van der Waals surface area contributed by atoms with E-state index in [2.05, 4.69) is 15.0 Å². The van der Waals surface area contributed by atoms with Crippen LogP contribution < -0.4 is 4.90 Å². The Kier molecular flexibility index (Phi) is 3.88.